The topological polar surface area (TPSA) is 72.0 Å². The zero-order valence-corrected chi connectivity index (χ0v) is 13.0. The molecule has 1 aliphatic rings. The highest BCUT2D eigenvalue weighted by atomic mass is 16.2. The number of rotatable bonds is 4. The van der Waals surface area contributed by atoms with Gasteiger partial charge in [0.15, 0.2) is 5.78 Å². The lowest BCUT2D eigenvalue weighted by Gasteiger charge is -2.05. The molecular formula is C16H25N3O2. The third-order valence-electron chi connectivity index (χ3n) is 3.36. The summed E-state index contributed by atoms with van der Waals surface area (Å²) >= 11 is 0. The third kappa shape index (κ3) is 7.54. The lowest BCUT2D eigenvalue weighted by molar-refractivity contribution is -0.120. The monoisotopic (exact) mass is 291 g/mol. The summed E-state index contributed by atoms with van der Waals surface area (Å²) in [6, 6.07) is 0. The van der Waals surface area contributed by atoms with Gasteiger partial charge < -0.3 is 5.32 Å². The lowest BCUT2D eigenvalue weighted by atomic mass is 10.0. The number of aromatic nitrogens is 2. The molecular weight excluding hydrogens is 266 g/mol. The van der Waals surface area contributed by atoms with E-state index in [9.17, 15) is 9.59 Å². The van der Waals surface area contributed by atoms with Crippen molar-refractivity contribution in [2.24, 2.45) is 5.92 Å². The molecule has 0 bridgehead atoms. The number of Topliss-reactive ketones (excluding diaryl/α,β-unsaturated/α-hetero) is 1. The van der Waals surface area contributed by atoms with Gasteiger partial charge in [0.05, 0.1) is 12.7 Å². The summed E-state index contributed by atoms with van der Waals surface area (Å²) in [5.74, 6) is -0.462. The van der Waals surface area contributed by atoms with Crippen LogP contribution in [-0.4, -0.2) is 28.2 Å². The zero-order chi connectivity index (χ0) is 15.5. The number of nitrogens with one attached hydrogen (secondary N) is 1. The van der Waals surface area contributed by atoms with E-state index in [1.54, 1.807) is 13.8 Å². The van der Waals surface area contributed by atoms with Crippen LogP contribution in [-0.2, 0) is 4.79 Å². The molecule has 0 unspecified atom stereocenters. The van der Waals surface area contributed by atoms with E-state index < -0.39 is 0 Å². The number of carbonyl (C=O) groups excluding carboxylic acids is 2. The first kappa shape index (κ1) is 17.3. The molecule has 0 radical (unpaired) electrons. The molecule has 0 aliphatic heterocycles. The molecule has 1 aromatic rings. The highest BCUT2D eigenvalue weighted by molar-refractivity contribution is 5.95. The molecule has 0 saturated heterocycles. The fraction of sp³-hybridized carbons (Fsp3) is 0.625. The number of nitrogens with zero attached hydrogens (tertiary/aromatic N) is 2. The summed E-state index contributed by atoms with van der Waals surface area (Å²) in [4.78, 5) is 30.2. The largest absolute Gasteiger partial charge is 0.344 e. The number of ketones is 1. The standard InChI is InChI=1S/C10H13N3O2.C6H12/c1-7(2)9(14)6-13-10(15)8-5-11-3-4-12-8;1-2-4-6-5-3-1/h3-5,7H,6H2,1-2H3,(H,13,15);1-6H2. The quantitative estimate of drug-likeness (QED) is 0.926. The van der Waals surface area contributed by atoms with Gasteiger partial charge in [-0.3, -0.25) is 14.6 Å². The number of carbonyl (C=O) groups is 2. The van der Waals surface area contributed by atoms with Crippen molar-refractivity contribution in [3.05, 3.63) is 24.3 Å². The second kappa shape index (κ2) is 10.0. The van der Waals surface area contributed by atoms with Crippen LogP contribution in [0, 0.1) is 5.92 Å². The van der Waals surface area contributed by atoms with Crippen LogP contribution in [0.2, 0.25) is 0 Å². The molecule has 0 atom stereocenters. The Labute approximate surface area is 126 Å². The number of hydrogen-bond acceptors (Lipinski definition) is 4. The minimum atomic E-state index is -0.378. The Morgan fingerprint density at radius 3 is 2.10 bits per heavy atom. The normalized spacial score (nSPS) is 14.0. The van der Waals surface area contributed by atoms with E-state index in [2.05, 4.69) is 15.3 Å². The van der Waals surface area contributed by atoms with Crippen LogP contribution >= 0.6 is 0 Å². The van der Waals surface area contributed by atoms with Gasteiger partial charge in [0, 0.05) is 18.3 Å². The smallest absolute Gasteiger partial charge is 0.271 e. The average molecular weight is 291 g/mol. The van der Waals surface area contributed by atoms with Gasteiger partial charge in [0.1, 0.15) is 5.69 Å². The maximum absolute atomic E-state index is 11.4. The maximum atomic E-state index is 11.4. The van der Waals surface area contributed by atoms with Crippen molar-refractivity contribution in [1.29, 1.82) is 0 Å². The first-order valence-electron chi connectivity index (χ1n) is 7.68. The van der Waals surface area contributed by atoms with Gasteiger partial charge in [-0.05, 0) is 0 Å². The van der Waals surface area contributed by atoms with Gasteiger partial charge in [0.2, 0.25) is 0 Å². The van der Waals surface area contributed by atoms with E-state index in [-0.39, 0.29) is 29.8 Å². The van der Waals surface area contributed by atoms with Crippen LogP contribution in [0.15, 0.2) is 18.6 Å². The van der Waals surface area contributed by atoms with E-state index in [0.717, 1.165) is 0 Å². The van der Waals surface area contributed by atoms with Crippen molar-refractivity contribution >= 4 is 11.7 Å². The Morgan fingerprint density at radius 1 is 1.10 bits per heavy atom. The molecule has 2 rings (SSSR count). The molecule has 1 saturated carbocycles. The molecule has 1 aromatic heterocycles. The minimum absolute atomic E-state index is 0.00718. The Bertz CT molecular complexity index is 417. The van der Waals surface area contributed by atoms with E-state index in [0.29, 0.717) is 0 Å². The Balaban J connectivity index is 0.000000304. The molecule has 1 N–H and O–H groups in total. The van der Waals surface area contributed by atoms with Crippen LogP contribution in [0.4, 0.5) is 0 Å². The van der Waals surface area contributed by atoms with E-state index in [1.807, 2.05) is 0 Å². The van der Waals surface area contributed by atoms with Gasteiger partial charge in [0.25, 0.3) is 5.91 Å². The Kier molecular flexibility index (Phi) is 8.24. The zero-order valence-electron chi connectivity index (χ0n) is 13.0. The second-order valence-electron chi connectivity index (χ2n) is 5.52. The highest BCUT2D eigenvalue weighted by Crippen LogP contribution is 2.15. The first-order valence-corrected chi connectivity index (χ1v) is 7.68. The van der Waals surface area contributed by atoms with Crippen molar-refractivity contribution in [2.45, 2.75) is 52.4 Å². The van der Waals surface area contributed by atoms with Crippen LogP contribution in [0.5, 0.6) is 0 Å². The summed E-state index contributed by atoms with van der Waals surface area (Å²) < 4.78 is 0. The predicted octanol–water partition coefficient (Wildman–Crippen LogP) is 2.77. The summed E-state index contributed by atoms with van der Waals surface area (Å²) in [5, 5.41) is 2.49. The Morgan fingerprint density at radius 2 is 1.67 bits per heavy atom. The van der Waals surface area contributed by atoms with Gasteiger partial charge in [-0.15, -0.1) is 0 Å². The van der Waals surface area contributed by atoms with Crippen molar-refractivity contribution in [3.63, 3.8) is 0 Å². The van der Waals surface area contributed by atoms with Crippen LogP contribution < -0.4 is 5.32 Å². The van der Waals surface area contributed by atoms with Gasteiger partial charge in [-0.1, -0.05) is 52.4 Å². The van der Waals surface area contributed by atoms with Crippen LogP contribution in [0.25, 0.3) is 0 Å². The van der Waals surface area contributed by atoms with Crippen molar-refractivity contribution in [3.8, 4) is 0 Å². The number of amides is 1. The van der Waals surface area contributed by atoms with E-state index in [1.165, 1.54) is 57.1 Å². The van der Waals surface area contributed by atoms with Gasteiger partial charge in [-0.25, -0.2) is 4.98 Å². The van der Waals surface area contributed by atoms with Gasteiger partial charge >= 0.3 is 0 Å². The van der Waals surface area contributed by atoms with Crippen molar-refractivity contribution in [1.82, 2.24) is 15.3 Å². The fourth-order valence-electron chi connectivity index (χ4n) is 1.94. The molecule has 5 heteroatoms. The first-order chi connectivity index (χ1) is 10.1. The molecule has 5 nitrogen and oxygen atoms in total. The van der Waals surface area contributed by atoms with Crippen molar-refractivity contribution in [2.75, 3.05) is 6.54 Å². The Hall–Kier alpha value is -1.78. The molecule has 1 aliphatic carbocycles. The molecule has 1 amide bonds. The summed E-state index contributed by atoms with van der Waals surface area (Å²) in [6.45, 7) is 3.61. The highest BCUT2D eigenvalue weighted by Gasteiger charge is 2.11. The lowest BCUT2D eigenvalue weighted by Crippen LogP contribution is -2.32. The van der Waals surface area contributed by atoms with Crippen LogP contribution in [0.1, 0.15) is 62.9 Å². The maximum Gasteiger partial charge on any atom is 0.271 e. The summed E-state index contributed by atoms with van der Waals surface area (Å²) in [6.07, 6.45) is 13.3. The van der Waals surface area contributed by atoms with Gasteiger partial charge in [-0.2, -0.15) is 0 Å². The fourth-order valence-corrected chi connectivity index (χ4v) is 1.94. The van der Waals surface area contributed by atoms with Crippen LogP contribution in [0.3, 0.4) is 0 Å². The van der Waals surface area contributed by atoms with E-state index >= 15 is 0 Å². The summed E-state index contributed by atoms with van der Waals surface area (Å²) in [7, 11) is 0. The average Bonchev–Trinajstić information content (AvgIpc) is 2.55. The molecule has 0 aromatic carbocycles. The molecule has 21 heavy (non-hydrogen) atoms. The third-order valence-corrected chi connectivity index (χ3v) is 3.36. The second-order valence-corrected chi connectivity index (χ2v) is 5.52. The molecule has 1 fully saturated rings. The summed E-state index contributed by atoms with van der Waals surface area (Å²) in [5.41, 5.74) is 0.217. The molecule has 0 spiro atoms. The predicted molar refractivity (Wildman–Crippen MR) is 81.9 cm³/mol. The van der Waals surface area contributed by atoms with Crippen molar-refractivity contribution < 1.29 is 9.59 Å². The SMILES string of the molecule is C1CCCCC1.CC(C)C(=O)CNC(=O)c1cnccn1. The number of hydrogen-bond donors (Lipinski definition) is 1. The molecule has 1 heterocycles. The van der Waals surface area contributed by atoms with E-state index in [4.69, 9.17) is 0 Å². The molecule has 116 valence electrons. The minimum Gasteiger partial charge on any atom is -0.344 e.